The SMILES string of the molecule is Cc1ccc(-n2nc(C(C)(C)C)cc2NC(=O)Nc2ccc(CC3CCN(C(=O)c4cc(C(F)(F)F)cc(C(F)(F)F)c4)CC3)cc2)cc1. The second-order valence-electron chi connectivity index (χ2n) is 13.4. The zero-order chi connectivity index (χ0) is 35.7. The Labute approximate surface area is 280 Å². The first-order valence-corrected chi connectivity index (χ1v) is 15.8. The minimum atomic E-state index is -5.03. The van der Waals surface area contributed by atoms with Crippen LogP contribution in [0.4, 0.5) is 42.6 Å². The van der Waals surface area contributed by atoms with Gasteiger partial charge in [0, 0.05) is 35.8 Å². The van der Waals surface area contributed by atoms with Crippen molar-refractivity contribution >= 4 is 23.4 Å². The Bertz CT molecular complexity index is 1770. The van der Waals surface area contributed by atoms with Gasteiger partial charge >= 0.3 is 18.4 Å². The molecular formula is C36H37F6N5O2. The molecule has 2 heterocycles. The highest BCUT2D eigenvalue weighted by Gasteiger charge is 2.38. The van der Waals surface area contributed by atoms with E-state index in [1.54, 1.807) is 16.8 Å². The summed E-state index contributed by atoms with van der Waals surface area (Å²) < 4.78 is 81.4. The van der Waals surface area contributed by atoms with Gasteiger partial charge < -0.3 is 10.2 Å². The number of aryl methyl sites for hydroxylation is 1. The van der Waals surface area contributed by atoms with E-state index in [0.29, 0.717) is 42.9 Å². The van der Waals surface area contributed by atoms with Crippen LogP contribution in [-0.2, 0) is 24.2 Å². The zero-order valence-corrected chi connectivity index (χ0v) is 27.5. The minimum absolute atomic E-state index is 0.0149. The lowest BCUT2D eigenvalue weighted by atomic mass is 9.89. The van der Waals surface area contributed by atoms with E-state index in [4.69, 9.17) is 5.10 Å². The number of nitrogens with zero attached hydrogens (tertiary/aromatic N) is 3. The second kappa shape index (κ2) is 13.6. The summed E-state index contributed by atoms with van der Waals surface area (Å²) in [6.45, 7) is 8.53. The van der Waals surface area contributed by atoms with Crippen molar-refractivity contribution in [3.05, 3.63) is 106 Å². The van der Waals surface area contributed by atoms with E-state index >= 15 is 0 Å². The molecule has 1 aliphatic rings. The Morgan fingerprint density at radius 1 is 0.796 bits per heavy atom. The zero-order valence-electron chi connectivity index (χ0n) is 27.5. The predicted octanol–water partition coefficient (Wildman–Crippen LogP) is 9.25. The van der Waals surface area contributed by atoms with Crippen LogP contribution < -0.4 is 10.6 Å². The molecule has 260 valence electrons. The molecular weight excluding hydrogens is 648 g/mol. The first-order chi connectivity index (χ1) is 22.9. The molecule has 1 fully saturated rings. The van der Waals surface area contributed by atoms with Crippen LogP contribution in [0.3, 0.4) is 0 Å². The van der Waals surface area contributed by atoms with Crippen molar-refractivity contribution in [3.63, 3.8) is 0 Å². The minimum Gasteiger partial charge on any atom is -0.339 e. The van der Waals surface area contributed by atoms with Crippen molar-refractivity contribution in [2.24, 2.45) is 5.92 Å². The number of piperidine rings is 1. The average Bonchev–Trinajstić information content (AvgIpc) is 3.45. The number of hydrogen-bond donors (Lipinski definition) is 2. The molecule has 0 unspecified atom stereocenters. The van der Waals surface area contributed by atoms with Crippen molar-refractivity contribution < 1.29 is 35.9 Å². The lowest BCUT2D eigenvalue weighted by Gasteiger charge is -2.32. The fourth-order valence-corrected chi connectivity index (χ4v) is 5.66. The maximum absolute atomic E-state index is 13.3. The number of carbonyl (C=O) groups is 2. The molecule has 4 aromatic rings. The highest BCUT2D eigenvalue weighted by Crippen LogP contribution is 2.37. The Balaban J connectivity index is 1.17. The fraction of sp³-hybridized carbons (Fsp3) is 0.361. The summed E-state index contributed by atoms with van der Waals surface area (Å²) in [6.07, 6.45) is -8.34. The van der Waals surface area contributed by atoms with Gasteiger partial charge in [-0.1, -0.05) is 50.6 Å². The molecule has 3 amide bonds. The molecule has 0 spiro atoms. The van der Waals surface area contributed by atoms with E-state index in [9.17, 15) is 35.9 Å². The predicted molar refractivity (Wildman–Crippen MR) is 175 cm³/mol. The molecule has 1 aliphatic heterocycles. The van der Waals surface area contributed by atoms with Crippen LogP contribution in [0.15, 0.2) is 72.8 Å². The topological polar surface area (TPSA) is 79.3 Å². The van der Waals surface area contributed by atoms with Gasteiger partial charge in [0.2, 0.25) is 0 Å². The normalized spacial score (nSPS) is 14.5. The number of anilines is 2. The highest BCUT2D eigenvalue weighted by atomic mass is 19.4. The van der Waals surface area contributed by atoms with E-state index < -0.39 is 41.0 Å². The number of hydrogen-bond acceptors (Lipinski definition) is 3. The van der Waals surface area contributed by atoms with E-state index in [0.717, 1.165) is 22.5 Å². The lowest BCUT2D eigenvalue weighted by molar-refractivity contribution is -0.143. The standard InChI is InChI=1S/C36H37F6N5O2/c1-22-5-11-29(12-6-22)47-31(21-30(45-47)34(2,3)4)44-33(49)43-28-9-7-23(8-10-28)17-24-13-15-46(16-14-24)32(48)25-18-26(35(37,38)39)20-27(19-25)36(40,41)42/h5-12,18-21,24H,13-17H2,1-4H3,(H2,43,44,49). The largest absolute Gasteiger partial charge is 0.416 e. The Kier molecular flexibility index (Phi) is 9.85. The average molecular weight is 686 g/mol. The van der Waals surface area contributed by atoms with Gasteiger partial charge in [0.25, 0.3) is 5.91 Å². The molecule has 1 aromatic heterocycles. The summed E-state index contributed by atoms with van der Waals surface area (Å²) in [4.78, 5) is 27.3. The summed E-state index contributed by atoms with van der Waals surface area (Å²) in [6, 6.07) is 17.5. The van der Waals surface area contributed by atoms with Gasteiger partial charge in [0.15, 0.2) is 0 Å². The monoisotopic (exact) mass is 685 g/mol. The molecule has 3 aromatic carbocycles. The number of halogens is 6. The molecule has 0 radical (unpaired) electrons. The number of rotatable bonds is 6. The summed E-state index contributed by atoms with van der Waals surface area (Å²) in [5.74, 6) is -0.195. The third-order valence-electron chi connectivity index (χ3n) is 8.47. The molecule has 49 heavy (non-hydrogen) atoms. The van der Waals surface area contributed by atoms with Crippen LogP contribution in [0.5, 0.6) is 0 Å². The molecule has 5 rings (SSSR count). The van der Waals surface area contributed by atoms with Crippen molar-refractivity contribution in [1.29, 1.82) is 0 Å². The Hall–Kier alpha value is -4.81. The molecule has 1 saturated heterocycles. The van der Waals surface area contributed by atoms with Crippen molar-refractivity contribution in [3.8, 4) is 5.69 Å². The van der Waals surface area contributed by atoms with E-state index in [2.05, 4.69) is 10.6 Å². The number of carbonyl (C=O) groups excluding carboxylic acids is 2. The van der Waals surface area contributed by atoms with E-state index in [-0.39, 0.29) is 30.5 Å². The maximum atomic E-state index is 13.3. The number of benzene rings is 3. The molecule has 2 N–H and O–H groups in total. The third kappa shape index (κ3) is 8.81. The number of urea groups is 1. The van der Waals surface area contributed by atoms with Gasteiger partial charge in [-0.2, -0.15) is 31.4 Å². The van der Waals surface area contributed by atoms with Gasteiger partial charge in [-0.15, -0.1) is 0 Å². The van der Waals surface area contributed by atoms with Crippen LogP contribution in [0.2, 0.25) is 0 Å². The van der Waals surface area contributed by atoms with Crippen LogP contribution in [0.25, 0.3) is 5.69 Å². The van der Waals surface area contributed by atoms with Crippen LogP contribution in [0, 0.1) is 12.8 Å². The van der Waals surface area contributed by atoms with Crippen molar-refractivity contribution in [2.45, 2.75) is 64.7 Å². The van der Waals surface area contributed by atoms with Crippen molar-refractivity contribution in [1.82, 2.24) is 14.7 Å². The first kappa shape index (κ1) is 35.5. The number of likely N-dealkylation sites (tertiary alicyclic amines) is 1. The molecule has 0 aliphatic carbocycles. The van der Waals surface area contributed by atoms with Gasteiger partial charge in [-0.3, -0.25) is 10.1 Å². The summed E-state index contributed by atoms with van der Waals surface area (Å²) in [7, 11) is 0. The molecule has 7 nitrogen and oxygen atoms in total. The van der Waals surface area contributed by atoms with Gasteiger partial charge in [-0.05, 0) is 80.1 Å². The fourth-order valence-electron chi connectivity index (χ4n) is 5.66. The summed E-state index contributed by atoms with van der Waals surface area (Å²) >= 11 is 0. The van der Waals surface area contributed by atoms with Crippen LogP contribution in [-0.4, -0.2) is 39.7 Å². The second-order valence-corrected chi connectivity index (χ2v) is 13.4. The van der Waals surface area contributed by atoms with Crippen molar-refractivity contribution in [2.75, 3.05) is 23.7 Å². The molecule has 0 saturated carbocycles. The molecule has 13 heteroatoms. The van der Waals surface area contributed by atoms with Gasteiger partial charge in [-0.25, -0.2) is 9.48 Å². The summed E-state index contributed by atoms with van der Waals surface area (Å²) in [5, 5.41) is 10.5. The van der Waals surface area contributed by atoms with Crippen LogP contribution in [0.1, 0.15) is 71.9 Å². The molecule has 0 atom stereocenters. The lowest BCUT2D eigenvalue weighted by Crippen LogP contribution is -2.39. The van der Waals surface area contributed by atoms with Gasteiger partial charge in [0.05, 0.1) is 22.5 Å². The van der Waals surface area contributed by atoms with Crippen LogP contribution >= 0.6 is 0 Å². The third-order valence-corrected chi connectivity index (χ3v) is 8.47. The molecule has 0 bridgehead atoms. The number of aromatic nitrogens is 2. The first-order valence-electron chi connectivity index (χ1n) is 15.8. The Morgan fingerprint density at radius 3 is 1.90 bits per heavy atom. The quantitative estimate of drug-likeness (QED) is 0.199. The highest BCUT2D eigenvalue weighted by molar-refractivity contribution is 5.99. The number of alkyl halides is 6. The summed E-state index contributed by atoms with van der Waals surface area (Å²) in [5.41, 5.74) is 0.364. The maximum Gasteiger partial charge on any atom is 0.416 e. The number of nitrogens with one attached hydrogen (secondary N) is 2. The Morgan fingerprint density at radius 2 is 1.37 bits per heavy atom. The smallest absolute Gasteiger partial charge is 0.339 e. The van der Waals surface area contributed by atoms with E-state index in [1.165, 1.54) is 4.90 Å². The number of amides is 3. The van der Waals surface area contributed by atoms with E-state index in [1.807, 2.05) is 70.2 Å². The van der Waals surface area contributed by atoms with Gasteiger partial charge in [0.1, 0.15) is 5.82 Å².